The number of nitrogens with two attached hydrogens (primary N) is 1. The van der Waals surface area contributed by atoms with Crippen LogP contribution < -0.4 is 16.4 Å². The van der Waals surface area contributed by atoms with Gasteiger partial charge in [0.05, 0.1) is 40.1 Å². The highest BCUT2D eigenvalue weighted by Gasteiger charge is 2.36. The van der Waals surface area contributed by atoms with Crippen LogP contribution in [0.2, 0.25) is 10.0 Å². The van der Waals surface area contributed by atoms with E-state index in [1.165, 1.54) is 70.1 Å². The number of nitrogen functional groups attached to an aromatic ring is 1. The highest BCUT2D eigenvalue weighted by molar-refractivity contribution is 6.31. The molecule has 0 unspecified atom stereocenters. The molecule has 0 spiro atoms. The highest BCUT2D eigenvalue weighted by atomic mass is 35.5. The number of Topliss-reactive ketones (excluding diaryl/α,β-unsaturated/α-hetero) is 3. The van der Waals surface area contributed by atoms with E-state index in [-0.39, 0.29) is 132 Å². The summed E-state index contributed by atoms with van der Waals surface area (Å²) < 4.78 is 31.2. The topological polar surface area (TPSA) is 249 Å². The molecule has 84 heavy (non-hydrogen) atoms. The number of nitrogens with one attached hydrogen (secondary N) is 2. The molecule has 0 atom stereocenters. The maximum absolute atomic E-state index is 14.2. The van der Waals surface area contributed by atoms with Crippen LogP contribution >= 0.6 is 23.2 Å². The summed E-state index contributed by atoms with van der Waals surface area (Å²) in [5, 5.41) is 23.8. The van der Waals surface area contributed by atoms with Crippen molar-refractivity contribution >= 4 is 97.6 Å². The van der Waals surface area contributed by atoms with Crippen molar-refractivity contribution < 1.29 is 52.2 Å². The number of aliphatic carboxylic acids is 1. The van der Waals surface area contributed by atoms with Gasteiger partial charge in [-0.1, -0.05) is 99.5 Å². The van der Waals surface area contributed by atoms with Gasteiger partial charge in [-0.25, -0.2) is 8.78 Å². The van der Waals surface area contributed by atoms with E-state index in [9.17, 15) is 47.1 Å². The van der Waals surface area contributed by atoms with Gasteiger partial charge in [-0.15, -0.1) is 0 Å². The lowest BCUT2D eigenvalue weighted by Crippen LogP contribution is -2.43. The molecule has 4 fully saturated rings. The second-order valence-corrected chi connectivity index (χ2v) is 22.7. The fraction of sp³-hybridized carbons (Fsp3) is 0.452. The summed E-state index contributed by atoms with van der Waals surface area (Å²) >= 11 is 11.6. The van der Waals surface area contributed by atoms with Gasteiger partial charge in [0.1, 0.15) is 41.9 Å². The van der Waals surface area contributed by atoms with Crippen LogP contribution in [0.15, 0.2) is 72.8 Å². The van der Waals surface area contributed by atoms with Crippen LogP contribution in [-0.4, -0.2) is 107 Å². The van der Waals surface area contributed by atoms with Crippen molar-refractivity contribution in [2.45, 2.75) is 156 Å². The number of rotatable bonds is 20. The highest BCUT2D eigenvalue weighted by Crippen LogP contribution is 2.31. The van der Waals surface area contributed by atoms with Crippen LogP contribution in [-0.2, 0) is 61.4 Å². The number of carbonyl (C=O) groups excluding carboxylic acids is 7. The third-order valence-corrected chi connectivity index (χ3v) is 16.1. The lowest BCUT2D eigenvalue weighted by molar-refractivity contribution is -0.142. The van der Waals surface area contributed by atoms with Gasteiger partial charge in [-0.05, 0) is 99.4 Å². The molecule has 6 aromatic rings. The third-order valence-electron chi connectivity index (χ3n) is 15.5. The predicted molar refractivity (Wildman–Crippen MR) is 316 cm³/mol. The number of aromatic nitrogens is 4. The number of fused-ring (bicyclic) bond motifs is 2. The Bertz CT molecular complexity index is 3420. The Morgan fingerprint density at radius 3 is 1.45 bits per heavy atom. The summed E-state index contributed by atoms with van der Waals surface area (Å²) in [7, 11) is 0. The quantitative estimate of drug-likeness (QED) is 0.0412. The number of halogens is 4. The number of carboxylic acids is 1. The molecule has 0 bridgehead atoms. The van der Waals surface area contributed by atoms with Crippen LogP contribution in [0.4, 0.5) is 14.5 Å². The molecule has 10 rings (SSSR count). The minimum Gasteiger partial charge on any atom is -0.481 e. The van der Waals surface area contributed by atoms with Gasteiger partial charge in [-0.2, -0.15) is 10.2 Å². The average molecular weight is 1200 g/mol. The first-order valence-corrected chi connectivity index (χ1v) is 29.0. The number of carboxylic acid groups (broad SMARTS) is 1. The van der Waals surface area contributed by atoms with E-state index in [4.69, 9.17) is 34.0 Å². The van der Waals surface area contributed by atoms with Crippen molar-refractivity contribution in [2.75, 3.05) is 18.8 Å². The number of carbonyl (C=O) groups is 8. The number of hydrogen-bond donors (Lipinski definition) is 4. The van der Waals surface area contributed by atoms with Crippen molar-refractivity contribution in [3.63, 3.8) is 0 Å². The molecule has 4 aliphatic rings. The lowest BCUT2D eigenvalue weighted by atomic mass is 9.84. The largest absolute Gasteiger partial charge is 0.481 e. The van der Waals surface area contributed by atoms with E-state index in [1.807, 2.05) is 12.1 Å². The maximum atomic E-state index is 14.2. The third kappa shape index (κ3) is 16.8. The van der Waals surface area contributed by atoms with E-state index in [0.29, 0.717) is 33.9 Å². The standard InChI is InChI=1S/C31H34ClFN4O4.C23H23ClFN5O3.C7H12O2.CH4/c1-19(38)31-24-14-20(15-27(39)21-6-3-2-4-7-21)10-13-26(24)37(35-31)18-29(41)36(23-11-12-23)17-28(40)34-16-22-8-5-9-25(32)30(22)33;1-13(31)23-17-9-15(26)5-8-19(17)30(28-23)12-21(33)29(16-6-7-16)11-20(32)27-10-14-3-2-4-18(24)22(14)25;8-7(9)6-4-2-1-3-5-6;/h5,8-10,13-14,21,23H,2-4,6-7,11-12,15-18H2,1H3,(H,34,40);2-5,8-9,16H,6-7,10-12,26H2,1H3,(H,27,32);6H,1-5H2,(H,8,9);1H4. The summed E-state index contributed by atoms with van der Waals surface area (Å²) in [6.45, 7) is 2.16. The van der Waals surface area contributed by atoms with Crippen molar-refractivity contribution in [1.82, 2.24) is 40.0 Å². The zero-order valence-corrected chi connectivity index (χ0v) is 48.1. The minimum atomic E-state index is -0.602. The number of ketones is 3. The number of nitrogens with zero attached hydrogens (tertiary/aromatic N) is 6. The Hall–Kier alpha value is -7.58. The summed E-state index contributed by atoms with van der Waals surface area (Å²) in [6.07, 6.45) is 14.0. The van der Waals surface area contributed by atoms with Gasteiger partial charge >= 0.3 is 5.97 Å². The molecule has 2 heterocycles. The van der Waals surface area contributed by atoms with Gasteiger partial charge in [-0.3, -0.25) is 47.7 Å². The summed E-state index contributed by atoms with van der Waals surface area (Å²) in [6, 6.07) is 19.6. The number of benzene rings is 4. The molecule has 4 saturated carbocycles. The Labute approximate surface area is 496 Å². The van der Waals surface area contributed by atoms with Gasteiger partial charge in [0.2, 0.25) is 23.6 Å². The predicted octanol–water partition coefficient (Wildman–Crippen LogP) is 10.2. The number of hydrogen-bond acceptors (Lipinski definition) is 11. The zero-order chi connectivity index (χ0) is 59.5. The lowest BCUT2D eigenvalue weighted by Gasteiger charge is -2.22. The van der Waals surface area contributed by atoms with Crippen molar-refractivity contribution in [2.24, 2.45) is 11.8 Å². The van der Waals surface area contributed by atoms with Crippen LogP contribution in [0, 0.1) is 23.5 Å². The molecule has 0 aliphatic heterocycles. The van der Waals surface area contributed by atoms with Gasteiger partial charge in [0.25, 0.3) is 0 Å². The molecule has 0 radical (unpaired) electrons. The number of amides is 4. The molecule has 0 saturated heterocycles. The van der Waals surface area contributed by atoms with Gasteiger partial charge in [0.15, 0.2) is 11.6 Å². The normalized spacial score (nSPS) is 15.1. The monoisotopic (exact) mass is 1200 g/mol. The average Bonchev–Trinajstić information content (AvgIpc) is 4.51. The molecule has 4 aliphatic carbocycles. The van der Waals surface area contributed by atoms with Gasteiger partial charge in [0, 0.05) is 78.9 Å². The molecule has 22 heteroatoms. The molecule has 4 amide bonds. The van der Waals surface area contributed by atoms with E-state index in [2.05, 4.69) is 20.8 Å². The van der Waals surface area contributed by atoms with Crippen molar-refractivity contribution in [3.05, 3.63) is 123 Å². The smallest absolute Gasteiger partial charge is 0.306 e. The van der Waals surface area contributed by atoms with Crippen LogP contribution in [0.3, 0.4) is 0 Å². The second kappa shape index (κ2) is 29.3. The fourth-order valence-electron chi connectivity index (χ4n) is 10.6. The molecule has 448 valence electrons. The molecule has 4 aromatic carbocycles. The number of anilines is 1. The molecule has 5 N–H and O–H groups in total. The first-order chi connectivity index (χ1) is 39.8. The molecule has 18 nitrogen and oxygen atoms in total. The molecular formula is C62H73Cl2F2N9O9. The molecule has 2 aromatic heterocycles. The Balaban J connectivity index is 0.000000211. The first-order valence-electron chi connectivity index (χ1n) is 28.3. The van der Waals surface area contributed by atoms with Crippen molar-refractivity contribution in [3.8, 4) is 0 Å². The Morgan fingerprint density at radius 1 is 0.607 bits per heavy atom. The summed E-state index contributed by atoms with van der Waals surface area (Å²) in [5.41, 5.74) is 9.40. The SMILES string of the molecule is C.CC(=O)c1nn(CC(=O)N(CC(=O)NCc2cccc(Cl)c2F)C2CC2)c2ccc(CC(=O)C3CCCCC3)cc12.CC(=O)c1nn(CC(=O)N(CC(=O)NCc2cccc(Cl)c2F)C2CC2)c2ccc(N)cc12.O=C(O)C1CCCCC1. The Morgan fingerprint density at radius 2 is 1.04 bits per heavy atom. The summed E-state index contributed by atoms with van der Waals surface area (Å²) in [5.74, 6) is -3.34. The van der Waals surface area contributed by atoms with Crippen molar-refractivity contribution in [1.29, 1.82) is 0 Å². The van der Waals surface area contributed by atoms with E-state index in [0.717, 1.165) is 82.6 Å². The first kappa shape index (κ1) is 64.0. The molecular weight excluding hydrogens is 1120 g/mol. The second-order valence-electron chi connectivity index (χ2n) is 21.9. The van der Waals surface area contributed by atoms with Crippen LogP contribution in [0.5, 0.6) is 0 Å². The minimum absolute atomic E-state index is 0. The van der Waals surface area contributed by atoms with Crippen LogP contribution in [0.1, 0.15) is 149 Å². The fourth-order valence-corrected chi connectivity index (χ4v) is 11.0. The van der Waals surface area contributed by atoms with Gasteiger partial charge < -0.3 is 31.3 Å². The Kier molecular flexibility index (Phi) is 22.3. The van der Waals surface area contributed by atoms with E-state index < -0.39 is 29.4 Å². The maximum Gasteiger partial charge on any atom is 0.306 e. The zero-order valence-electron chi connectivity index (χ0n) is 46.6. The van der Waals surface area contributed by atoms with E-state index in [1.54, 1.807) is 36.4 Å². The van der Waals surface area contributed by atoms with Crippen LogP contribution in [0.25, 0.3) is 21.8 Å². The summed E-state index contributed by atoms with van der Waals surface area (Å²) in [4.78, 5) is 102. The van der Waals surface area contributed by atoms with E-state index >= 15 is 0 Å².